The van der Waals surface area contributed by atoms with E-state index in [2.05, 4.69) is 20.6 Å². The summed E-state index contributed by atoms with van der Waals surface area (Å²) in [7, 11) is -3.62. The van der Waals surface area contributed by atoms with Gasteiger partial charge in [-0.05, 0) is 69.7 Å². The Bertz CT molecular complexity index is 1170. The highest BCUT2D eigenvalue weighted by molar-refractivity contribution is 7.89. The number of sulfonamides is 1. The molecule has 9 heteroatoms. The minimum atomic E-state index is -3.62. The van der Waals surface area contributed by atoms with Crippen molar-refractivity contribution in [1.82, 2.24) is 14.3 Å². The topological polar surface area (TPSA) is 104 Å². The molecule has 1 aromatic carbocycles. The van der Waals surface area contributed by atoms with E-state index in [1.54, 1.807) is 36.7 Å². The summed E-state index contributed by atoms with van der Waals surface area (Å²) in [4.78, 5) is 20.7. The molecule has 0 radical (unpaired) electrons. The summed E-state index contributed by atoms with van der Waals surface area (Å²) in [6, 6.07) is 13.7. The van der Waals surface area contributed by atoms with Crippen LogP contribution in [-0.2, 0) is 16.6 Å². The van der Waals surface area contributed by atoms with Crippen LogP contribution in [0.2, 0.25) is 0 Å². The second-order valence-corrected chi connectivity index (χ2v) is 9.99. The average Bonchev–Trinajstić information content (AvgIpc) is 2.78. The first-order chi connectivity index (χ1) is 15.7. The monoisotopic (exact) mass is 467 g/mol. The quantitative estimate of drug-likeness (QED) is 0.490. The molecule has 0 bridgehead atoms. The molecule has 0 unspecified atom stereocenters. The van der Waals surface area contributed by atoms with E-state index >= 15 is 0 Å². The Labute approximate surface area is 195 Å². The number of benzene rings is 1. The lowest BCUT2D eigenvalue weighted by Crippen LogP contribution is -2.41. The lowest BCUT2D eigenvalue weighted by molar-refractivity contribution is 0.102. The van der Waals surface area contributed by atoms with Crippen LogP contribution in [0.15, 0.2) is 72.0 Å². The zero-order chi connectivity index (χ0) is 24.0. The van der Waals surface area contributed by atoms with E-state index in [0.717, 1.165) is 5.56 Å². The number of carbonyl (C=O) groups is 1. The second-order valence-electron chi connectivity index (χ2n) is 8.15. The molecule has 174 valence electrons. The van der Waals surface area contributed by atoms with Gasteiger partial charge in [0, 0.05) is 48.5 Å². The summed E-state index contributed by atoms with van der Waals surface area (Å²) >= 11 is 0. The van der Waals surface area contributed by atoms with E-state index in [-0.39, 0.29) is 22.9 Å². The Balaban J connectivity index is 1.65. The predicted molar refractivity (Wildman–Crippen MR) is 129 cm³/mol. The van der Waals surface area contributed by atoms with Crippen molar-refractivity contribution in [2.45, 2.75) is 51.2 Å². The van der Waals surface area contributed by atoms with Gasteiger partial charge in [0.2, 0.25) is 10.0 Å². The number of aromatic nitrogens is 2. The molecule has 0 saturated heterocycles. The van der Waals surface area contributed by atoms with Crippen molar-refractivity contribution < 1.29 is 13.2 Å². The minimum Gasteiger partial charge on any atom is -0.366 e. The molecular weight excluding hydrogens is 438 g/mol. The molecule has 2 aromatic heterocycles. The van der Waals surface area contributed by atoms with E-state index in [1.165, 1.54) is 10.5 Å². The number of hydrogen-bond donors (Lipinski definition) is 2. The Morgan fingerprint density at radius 3 is 2.30 bits per heavy atom. The molecule has 0 fully saturated rings. The molecule has 3 aromatic rings. The molecule has 3 rings (SSSR count). The molecule has 0 aliphatic rings. The highest BCUT2D eigenvalue weighted by Gasteiger charge is 2.29. The highest BCUT2D eigenvalue weighted by Crippen LogP contribution is 2.21. The van der Waals surface area contributed by atoms with Crippen LogP contribution in [0, 0.1) is 0 Å². The van der Waals surface area contributed by atoms with Crippen molar-refractivity contribution in [3.8, 4) is 0 Å². The fourth-order valence-corrected chi connectivity index (χ4v) is 5.35. The number of amides is 1. The summed E-state index contributed by atoms with van der Waals surface area (Å²) in [6.07, 6.45) is 4.52. The maximum absolute atomic E-state index is 13.0. The van der Waals surface area contributed by atoms with E-state index in [9.17, 15) is 13.2 Å². The summed E-state index contributed by atoms with van der Waals surface area (Å²) in [5.41, 5.74) is 2.14. The van der Waals surface area contributed by atoms with Gasteiger partial charge in [-0.2, -0.15) is 4.31 Å². The number of nitrogens with zero attached hydrogens (tertiary/aromatic N) is 3. The van der Waals surface area contributed by atoms with Crippen molar-refractivity contribution in [2.24, 2.45) is 0 Å². The number of rotatable bonds is 9. The first-order valence-corrected chi connectivity index (χ1v) is 12.2. The van der Waals surface area contributed by atoms with Crippen LogP contribution in [0.5, 0.6) is 0 Å². The van der Waals surface area contributed by atoms with Crippen LogP contribution < -0.4 is 10.6 Å². The van der Waals surface area contributed by atoms with Gasteiger partial charge in [0.25, 0.3) is 5.91 Å². The molecule has 0 spiro atoms. The fourth-order valence-electron chi connectivity index (χ4n) is 3.57. The van der Waals surface area contributed by atoms with Crippen molar-refractivity contribution >= 4 is 27.4 Å². The van der Waals surface area contributed by atoms with Gasteiger partial charge < -0.3 is 10.6 Å². The molecule has 0 saturated carbocycles. The van der Waals surface area contributed by atoms with Gasteiger partial charge in [0.1, 0.15) is 10.7 Å². The van der Waals surface area contributed by atoms with Crippen LogP contribution >= 0.6 is 0 Å². The molecule has 33 heavy (non-hydrogen) atoms. The lowest BCUT2D eigenvalue weighted by atomic mass is 10.2. The zero-order valence-electron chi connectivity index (χ0n) is 19.2. The first kappa shape index (κ1) is 24.3. The van der Waals surface area contributed by atoms with Gasteiger partial charge in [-0.15, -0.1) is 0 Å². The Kier molecular flexibility index (Phi) is 7.78. The molecule has 0 atom stereocenters. The van der Waals surface area contributed by atoms with Crippen LogP contribution in [0.4, 0.5) is 11.5 Å². The summed E-state index contributed by atoms with van der Waals surface area (Å²) < 4.78 is 27.4. The molecule has 0 aliphatic heterocycles. The van der Waals surface area contributed by atoms with Crippen molar-refractivity contribution in [3.63, 3.8) is 0 Å². The van der Waals surface area contributed by atoms with Gasteiger partial charge in [-0.1, -0.05) is 12.1 Å². The molecule has 1 amide bonds. The standard InChI is InChI=1S/C24H29N5O3S/c1-17(2)29(18(3)4)33(31,32)22-8-9-23(27-16-22)26-15-19-6-5-7-21(14-19)28-24(30)20-10-12-25-13-11-20/h5-14,16-18H,15H2,1-4H3,(H,26,27)(H,28,30). The first-order valence-electron chi connectivity index (χ1n) is 10.7. The van der Waals surface area contributed by atoms with Gasteiger partial charge in [-0.3, -0.25) is 9.78 Å². The maximum atomic E-state index is 13.0. The number of hydrogen-bond acceptors (Lipinski definition) is 6. The summed E-state index contributed by atoms with van der Waals surface area (Å²) in [5.74, 6) is 0.346. The van der Waals surface area contributed by atoms with Crippen LogP contribution in [0.3, 0.4) is 0 Å². The number of carbonyl (C=O) groups excluding carboxylic acids is 1. The number of nitrogens with one attached hydrogen (secondary N) is 2. The van der Waals surface area contributed by atoms with Crippen LogP contribution in [0.25, 0.3) is 0 Å². The molecular formula is C24H29N5O3S. The Hall–Kier alpha value is -3.30. The third kappa shape index (κ3) is 6.15. The van der Waals surface area contributed by atoms with Crippen LogP contribution in [0.1, 0.15) is 43.6 Å². The predicted octanol–water partition coefficient (Wildman–Crippen LogP) is 4.15. The van der Waals surface area contributed by atoms with Gasteiger partial charge in [0.15, 0.2) is 0 Å². The van der Waals surface area contributed by atoms with Crippen LogP contribution in [-0.4, -0.2) is 40.7 Å². The number of anilines is 2. The van der Waals surface area contributed by atoms with E-state index < -0.39 is 10.0 Å². The van der Waals surface area contributed by atoms with Gasteiger partial charge in [0.05, 0.1) is 0 Å². The lowest BCUT2D eigenvalue weighted by Gasteiger charge is -2.29. The van der Waals surface area contributed by atoms with Crippen molar-refractivity contribution in [2.75, 3.05) is 10.6 Å². The third-order valence-electron chi connectivity index (χ3n) is 4.93. The van der Waals surface area contributed by atoms with Gasteiger partial charge >= 0.3 is 0 Å². The Morgan fingerprint density at radius 2 is 1.70 bits per heavy atom. The second kappa shape index (κ2) is 10.5. The zero-order valence-corrected chi connectivity index (χ0v) is 20.0. The summed E-state index contributed by atoms with van der Waals surface area (Å²) in [5, 5.41) is 6.05. The molecule has 2 heterocycles. The molecule has 2 N–H and O–H groups in total. The normalized spacial score (nSPS) is 11.7. The maximum Gasteiger partial charge on any atom is 0.255 e. The molecule has 8 nitrogen and oxygen atoms in total. The Morgan fingerprint density at radius 1 is 1.00 bits per heavy atom. The van der Waals surface area contributed by atoms with Gasteiger partial charge in [-0.25, -0.2) is 13.4 Å². The molecule has 0 aliphatic carbocycles. The largest absolute Gasteiger partial charge is 0.366 e. The van der Waals surface area contributed by atoms with Crippen molar-refractivity contribution in [1.29, 1.82) is 0 Å². The third-order valence-corrected chi connectivity index (χ3v) is 7.17. The van der Waals surface area contributed by atoms with E-state index in [0.29, 0.717) is 23.6 Å². The van der Waals surface area contributed by atoms with Crippen molar-refractivity contribution in [3.05, 3.63) is 78.2 Å². The average molecular weight is 468 g/mol. The minimum absolute atomic E-state index is 0.154. The van der Waals surface area contributed by atoms with E-state index in [4.69, 9.17) is 0 Å². The van der Waals surface area contributed by atoms with E-state index in [1.807, 2.05) is 52.0 Å². The number of pyridine rings is 2. The smallest absolute Gasteiger partial charge is 0.255 e. The highest BCUT2D eigenvalue weighted by atomic mass is 32.2. The summed E-state index contributed by atoms with van der Waals surface area (Å²) in [6.45, 7) is 7.88. The fraction of sp³-hybridized carbons (Fsp3) is 0.292. The SMILES string of the molecule is CC(C)N(C(C)C)S(=O)(=O)c1ccc(NCc2cccc(NC(=O)c3ccncc3)c2)nc1.